The second-order valence-corrected chi connectivity index (χ2v) is 6.53. The van der Waals surface area contributed by atoms with E-state index in [2.05, 4.69) is 10.1 Å². The lowest BCUT2D eigenvalue weighted by Gasteiger charge is -2.25. The number of aliphatic hydroxyl groups excluding tert-OH is 1. The Morgan fingerprint density at radius 2 is 1.65 bits per heavy atom. The summed E-state index contributed by atoms with van der Waals surface area (Å²) in [5.41, 5.74) is 0.586. The fourth-order valence-electron chi connectivity index (χ4n) is 3.55. The van der Waals surface area contributed by atoms with E-state index in [1.165, 1.54) is 12.1 Å². The lowest BCUT2D eigenvalue weighted by atomic mass is 9.83. The predicted molar refractivity (Wildman–Crippen MR) is 76.9 cm³/mol. The molecule has 0 unspecified atom stereocenters. The molecule has 0 spiro atoms. The number of fused-ring (bicyclic) bond motifs is 2. The first-order valence-electron chi connectivity index (χ1n) is 7.67. The van der Waals surface area contributed by atoms with Gasteiger partial charge in [0.25, 0.3) is 0 Å². The molecule has 2 N–H and O–H groups in total. The SMILES string of the molecule is OCC12CCC(COCc3ccc(OC(F)(F)F)cc3)(CC1)N2. The molecular formula is C16H20F3NO3. The fourth-order valence-corrected chi connectivity index (χ4v) is 3.55. The molecule has 2 saturated heterocycles. The molecule has 0 atom stereocenters. The zero-order valence-corrected chi connectivity index (χ0v) is 12.7. The van der Waals surface area contributed by atoms with Gasteiger partial charge in [-0.05, 0) is 43.4 Å². The molecule has 7 heteroatoms. The van der Waals surface area contributed by atoms with Gasteiger partial charge in [-0.3, -0.25) is 0 Å². The van der Waals surface area contributed by atoms with E-state index in [1.807, 2.05) is 0 Å². The number of nitrogens with one attached hydrogen (secondary N) is 1. The number of aliphatic hydroxyl groups is 1. The molecule has 2 aliphatic heterocycles. The number of benzene rings is 1. The molecule has 0 aliphatic carbocycles. The molecule has 0 amide bonds. The summed E-state index contributed by atoms with van der Waals surface area (Å²) >= 11 is 0. The molecule has 2 heterocycles. The Hall–Kier alpha value is -1.31. The quantitative estimate of drug-likeness (QED) is 0.842. The van der Waals surface area contributed by atoms with Crippen LogP contribution in [-0.2, 0) is 11.3 Å². The van der Waals surface area contributed by atoms with Gasteiger partial charge in [0.2, 0.25) is 0 Å². The van der Waals surface area contributed by atoms with Crippen molar-refractivity contribution in [2.45, 2.75) is 49.7 Å². The number of hydrogen-bond acceptors (Lipinski definition) is 4. The third-order valence-corrected chi connectivity index (χ3v) is 4.80. The average molecular weight is 331 g/mol. The molecule has 4 nitrogen and oxygen atoms in total. The molecule has 2 fully saturated rings. The minimum atomic E-state index is -4.67. The zero-order valence-electron chi connectivity index (χ0n) is 12.7. The predicted octanol–water partition coefficient (Wildman–Crippen LogP) is 2.75. The monoisotopic (exact) mass is 331 g/mol. The molecule has 3 rings (SSSR count). The van der Waals surface area contributed by atoms with E-state index >= 15 is 0 Å². The lowest BCUT2D eigenvalue weighted by molar-refractivity contribution is -0.274. The summed E-state index contributed by atoms with van der Waals surface area (Å²) in [6, 6.07) is 5.69. The van der Waals surface area contributed by atoms with E-state index in [1.54, 1.807) is 12.1 Å². The third kappa shape index (κ3) is 3.79. The van der Waals surface area contributed by atoms with Crippen LogP contribution in [0.25, 0.3) is 0 Å². The van der Waals surface area contributed by atoms with Crippen LogP contribution < -0.4 is 10.1 Å². The molecule has 2 aliphatic rings. The van der Waals surface area contributed by atoms with Gasteiger partial charge in [-0.2, -0.15) is 0 Å². The largest absolute Gasteiger partial charge is 0.573 e. The molecule has 2 bridgehead atoms. The second-order valence-electron chi connectivity index (χ2n) is 6.53. The van der Waals surface area contributed by atoms with Crippen LogP contribution in [0, 0.1) is 0 Å². The van der Waals surface area contributed by atoms with Gasteiger partial charge in [0, 0.05) is 11.1 Å². The Balaban J connectivity index is 1.48. The van der Waals surface area contributed by atoms with Crippen LogP contribution in [0.2, 0.25) is 0 Å². The molecular weight excluding hydrogens is 311 g/mol. The van der Waals surface area contributed by atoms with Crippen molar-refractivity contribution < 1.29 is 27.8 Å². The maximum atomic E-state index is 12.1. The highest BCUT2D eigenvalue weighted by Gasteiger charge is 2.53. The van der Waals surface area contributed by atoms with Gasteiger partial charge in [-0.1, -0.05) is 12.1 Å². The Kier molecular flexibility index (Phi) is 4.29. The molecule has 23 heavy (non-hydrogen) atoms. The molecule has 0 radical (unpaired) electrons. The van der Waals surface area contributed by atoms with Gasteiger partial charge in [-0.25, -0.2) is 0 Å². The van der Waals surface area contributed by atoms with Crippen LogP contribution in [-0.4, -0.2) is 35.8 Å². The van der Waals surface area contributed by atoms with Crippen LogP contribution >= 0.6 is 0 Å². The van der Waals surface area contributed by atoms with E-state index in [9.17, 15) is 18.3 Å². The van der Waals surface area contributed by atoms with Gasteiger partial charge >= 0.3 is 6.36 Å². The maximum absolute atomic E-state index is 12.1. The maximum Gasteiger partial charge on any atom is 0.573 e. The van der Waals surface area contributed by atoms with Crippen LogP contribution in [0.1, 0.15) is 31.2 Å². The smallest absolute Gasteiger partial charge is 0.406 e. The molecule has 1 aromatic carbocycles. The first-order valence-corrected chi connectivity index (χ1v) is 7.67. The first-order chi connectivity index (χ1) is 10.8. The minimum absolute atomic E-state index is 0.0674. The first kappa shape index (κ1) is 16.5. The second kappa shape index (κ2) is 5.96. The van der Waals surface area contributed by atoms with E-state index in [4.69, 9.17) is 4.74 Å². The van der Waals surface area contributed by atoms with Gasteiger partial charge in [0.05, 0.1) is 19.8 Å². The van der Waals surface area contributed by atoms with Crippen LogP contribution in [0.15, 0.2) is 24.3 Å². The van der Waals surface area contributed by atoms with E-state index in [0.717, 1.165) is 31.2 Å². The minimum Gasteiger partial charge on any atom is -0.406 e. The van der Waals surface area contributed by atoms with Gasteiger partial charge in [-0.15, -0.1) is 13.2 Å². The van der Waals surface area contributed by atoms with Crippen molar-refractivity contribution >= 4 is 0 Å². The highest BCUT2D eigenvalue weighted by Crippen LogP contribution is 2.44. The summed E-state index contributed by atoms with van der Waals surface area (Å²) in [6.07, 6.45) is -0.808. The van der Waals surface area contributed by atoms with Crippen molar-refractivity contribution in [1.82, 2.24) is 5.32 Å². The summed E-state index contributed by atoms with van der Waals surface area (Å²) in [6.45, 7) is 1.02. The van der Waals surface area contributed by atoms with E-state index in [0.29, 0.717) is 13.2 Å². The number of halogens is 3. The topological polar surface area (TPSA) is 50.7 Å². The number of hydrogen-bond donors (Lipinski definition) is 2. The molecule has 0 saturated carbocycles. The van der Waals surface area contributed by atoms with Gasteiger partial charge < -0.3 is 19.9 Å². The van der Waals surface area contributed by atoms with Crippen molar-refractivity contribution in [1.29, 1.82) is 0 Å². The average Bonchev–Trinajstić information content (AvgIpc) is 3.04. The normalized spacial score (nSPS) is 29.9. The van der Waals surface area contributed by atoms with E-state index < -0.39 is 6.36 Å². The van der Waals surface area contributed by atoms with Crippen LogP contribution in [0.4, 0.5) is 13.2 Å². The van der Waals surface area contributed by atoms with Crippen molar-refractivity contribution in [3.63, 3.8) is 0 Å². The van der Waals surface area contributed by atoms with Crippen LogP contribution in [0.5, 0.6) is 5.75 Å². The number of alkyl halides is 3. The summed E-state index contributed by atoms with van der Waals surface area (Å²) in [5, 5.41) is 13.0. The number of rotatable bonds is 6. The number of ether oxygens (including phenoxy) is 2. The van der Waals surface area contributed by atoms with Crippen molar-refractivity contribution in [2.24, 2.45) is 0 Å². The lowest BCUT2D eigenvalue weighted by Crippen LogP contribution is -2.46. The summed E-state index contributed by atoms with van der Waals surface area (Å²) in [4.78, 5) is 0. The third-order valence-electron chi connectivity index (χ3n) is 4.80. The zero-order chi connectivity index (χ0) is 16.6. The summed E-state index contributed by atoms with van der Waals surface area (Å²) in [7, 11) is 0. The molecule has 128 valence electrons. The van der Waals surface area contributed by atoms with Gasteiger partial charge in [0.1, 0.15) is 5.75 Å². The van der Waals surface area contributed by atoms with Gasteiger partial charge in [0.15, 0.2) is 0 Å². The van der Waals surface area contributed by atoms with Crippen molar-refractivity contribution in [3.8, 4) is 5.75 Å². The van der Waals surface area contributed by atoms with Crippen molar-refractivity contribution in [2.75, 3.05) is 13.2 Å². The highest BCUT2D eigenvalue weighted by molar-refractivity contribution is 5.27. The van der Waals surface area contributed by atoms with Crippen LogP contribution in [0.3, 0.4) is 0 Å². The fraction of sp³-hybridized carbons (Fsp3) is 0.625. The summed E-state index contributed by atoms with van der Waals surface area (Å²) in [5.74, 6) is -0.235. The molecule has 0 aromatic heterocycles. The summed E-state index contributed by atoms with van der Waals surface area (Å²) < 4.78 is 45.9. The Labute approximate surface area is 132 Å². The standard InChI is InChI=1S/C16H20F3NO3/c17-16(18,19)23-13-3-1-12(2-4-13)9-22-11-15-7-5-14(10-21,20-15)6-8-15/h1-4,20-21H,5-11H2. The van der Waals surface area contributed by atoms with Crippen molar-refractivity contribution in [3.05, 3.63) is 29.8 Å². The van der Waals surface area contributed by atoms with E-state index in [-0.39, 0.29) is 23.4 Å². The highest BCUT2D eigenvalue weighted by atomic mass is 19.4. The Morgan fingerprint density at radius 3 is 2.17 bits per heavy atom. The molecule has 1 aromatic rings. The Morgan fingerprint density at radius 1 is 1.04 bits per heavy atom. The Bertz CT molecular complexity index is 536.